The molecule has 0 spiro atoms. The molecule has 0 bridgehead atoms. The van der Waals surface area contributed by atoms with Crippen molar-refractivity contribution in [3.63, 3.8) is 0 Å². The van der Waals surface area contributed by atoms with Gasteiger partial charge in [-0.2, -0.15) is 0 Å². The standard InChI is InChI=1S/C18H22N2OS/c21-18(9-15-12-22-17-4-2-1-3-16(15)17)20-7-5-13-10-19-11-14(13)6-8-20/h1-4,12-14,19H,5-11H2/t13-,14+. The van der Waals surface area contributed by atoms with Crippen molar-refractivity contribution in [1.82, 2.24) is 10.2 Å². The molecule has 4 heteroatoms. The van der Waals surface area contributed by atoms with Crippen molar-refractivity contribution in [3.8, 4) is 0 Å². The second-order valence-electron chi connectivity index (χ2n) is 6.57. The number of likely N-dealkylation sites (tertiary alicyclic amines) is 1. The van der Waals surface area contributed by atoms with Crippen LogP contribution in [-0.2, 0) is 11.2 Å². The normalized spacial score (nSPS) is 25.2. The second-order valence-corrected chi connectivity index (χ2v) is 7.48. The molecule has 22 heavy (non-hydrogen) atoms. The number of carbonyl (C=O) groups is 1. The van der Waals surface area contributed by atoms with E-state index < -0.39 is 0 Å². The van der Waals surface area contributed by atoms with Crippen molar-refractivity contribution in [3.05, 3.63) is 35.2 Å². The van der Waals surface area contributed by atoms with Gasteiger partial charge in [-0.05, 0) is 60.2 Å². The molecule has 116 valence electrons. The maximum Gasteiger partial charge on any atom is 0.227 e. The molecule has 3 nitrogen and oxygen atoms in total. The molecule has 1 amide bonds. The highest BCUT2D eigenvalue weighted by Crippen LogP contribution is 2.29. The maximum atomic E-state index is 12.7. The number of carbonyl (C=O) groups excluding carboxylic acids is 1. The molecule has 2 aliphatic heterocycles. The number of benzene rings is 1. The molecule has 2 saturated heterocycles. The zero-order valence-electron chi connectivity index (χ0n) is 12.8. The predicted octanol–water partition coefficient (Wildman–Crippen LogP) is 2.90. The number of nitrogens with zero attached hydrogens (tertiary/aromatic N) is 1. The minimum atomic E-state index is 0.302. The first-order chi connectivity index (χ1) is 10.8. The van der Waals surface area contributed by atoms with Crippen LogP contribution in [0.25, 0.3) is 10.1 Å². The van der Waals surface area contributed by atoms with E-state index in [0.29, 0.717) is 12.3 Å². The molecular weight excluding hydrogens is 292 g/mol. The van der Waals surface area contributed by atoms with Gasteiger partial charge >= 0.3 is 0 Å². The van der Waals surface area contributed by atoms with Gasteiger partial charge in [0, 0.05) is 17.8 Å². The van der Waals surface area contributed by atoms with Crippen LogP contribution < -0.4 is 5.32 Å². The highest BCUT2D eigenvalue weighted by atomic mass is 32.1. The largest absolute Gasteiger partial charge is 0.342 e. The summed E-state index contributed by atoms with van der Waals surface area (Å²) in [5.41, 5.74) is 1.19. The number of rotatable bonds is 2. The lowest BCUT2D eigenvalue weighted by molar-refractivity contribution is -0.130. The maximum absolute atomic E-state index is 12.7. The van der Waals surface area contributed by atoms with Crippen LogP contribution in [0.2, 0.25) is 0 Å². The summed E-state index contributed by atoms with van der Waals surface area (Å²) in [6.07, 6.45) is 2.87. The van der Waals surface area contributed by atoms with Crippen molar-refractivity contribution < 1.29 is 4.79 Å². The first kappa shape index (κ1) is 14.2. The third-order valence-corrected chi connectivity index (χ3v) is 6.29. The fourth-order valence-electron chi connectivity index (χ4n) is 3.91. The average Bonchev–Trinajstić information content (AvgIpc) is 3.10. The molecule has 0 saturated carbocycles. The van der Waals surface area contributed by atoms with Crippen molar-refractivity contribution in [1.29, 1.82) is 0 Å². The van der Waals surface area contributed by atoms with Crippen LogP contribution in [0.3, 0.4) is 0 Å². The summed E-state index contributed by atoms with van der Waals surface area (Å²) in [7, 11) is 0. The lowest BCUT2D eigenvalue weighted by Gasteiger charge is -2.20. The highest BCUT2D eigenvalue weighted by molar-refractivity contribution is 7.17. The van der Waals surface area contributed by atoms with Gasteiger partial charge in [0.15, 0.2) is 0 Å². The summed E-state index contributed by atoms with van der Waals surface area (Å²) in [4.78, 5) is 14.8. The summed E-state index contributed by atoms with van der Waals surface area (Å²) >= 11 is 1.74. The summed E-state index contributed by atoms with van der Waals surface area (Å²) < 4.78 is 1.28. The fourth-order valence-corrected chi connectivity index (χ4v) is 4.87. The van der Waals surface area contributed by atoms with Crippen LogP contribution in [-0.4, -0.2) is 37.0 Å². The van der Waals surface area contributed by atoms with Crippen molar-refractivity contribution in [2.45, 2.75) is 19.3 Å². The SMILES string of the molecule is O=C(Cc1csc2ccccc12)N1CC[C@@H]2CNC[C@@H]2CC1. The number of hydrogen-bond acceptors (Lipinski definition) is 3. The van der Waals surface area contributed by atoms with E-state index in [1.807, 2.05) is 0 Å². The number of amides is 1. The molecule has 2 atom stereocenters. The van der Waals surface area contributed by atoms with Crippen LogP contribution >= 0.6 is 11.3 Å². The molecule has 0 aliphatic carbocycles. The Morgan fingerprint density at radius 2 is 1.91 bits per heavy atom. The fraction of sp³-hybridized carbons (Fsp3) is 0.500. The molecule has 4 rings (SSSR count). The number of thiophene rings is 1. The van der Waals surface area contributed by atoms with Crippen LogP contribution in [0.1, 0.15) is 18.4 Å². The predicted molar refractivity (Wildman–Crippen MR) is 91.2 cm³/mol. The molecule has 3 heterocycles. The summed E-state index contributed by atoms with van der Waals surface area (Å²) in [6.45, 7) is 4.15. The first-order valence-electron chi connectivity index (χ1n) is 8.25. The Kier molecular flexibility index (Phi) is 3.89. The van der Waals surface area contributed by atoms with Crippen molar-refractivity contribution >= 4 is 27.3 Å². The van der Waals surface area contributed by atoms with Crippen LogP contribution in [0, 0.1) is 11.8 Å². The van der Waals surface area contributed by atoms with E-state index in [1.165, 1.54) is 15.6 Å². The molecule has 0 unspecified atom stereocenters. The van der Waals surface area contributed by atoms with E-state index in [-0.39, 0.29) is 0 Å². The van der Waals surface area contributed by atoms with E-state index in [9.17, 15) is 4.79 Å². The Hall–Kier alpha value is -1.39. The molecule has 2 aromatic rings. The monoisotopic (exact) mass is 314 g/mol. The Morgan fingerprint density at radius 3 is 2.68 bits per heavy atom. The van der Waals surface area contributed by atoms with E-state index in [0.717, 1.165) is 50.9 Å². The van der Waals surface area contributed by atoms with Gasteiger partial charge in [0.2, 0.25) is 5.91 Å². The zero-order valence-corrected chi connectivity index (χ0v) is 13.6. The van der Waals surface area contributed by atoms with Crippen LogP contribution in [0.5, 0.6) is 0 Å². The third kappa shape index (κ3) is 2.66. The van der Waals surface area contributed by atoms with Gasteiger partial charge < -0.3 is 10.2 Å². The highest BCUT2D eigenvalue weighted by Gasteiger charge is 2.31. The lowest BCUT2D eigenvalue weighted by Crippen LogP contribution is -2.33. The van der Waals surface area contributed by atoms with Gasteiger partial charge in [-0.1, -0.05) is 18.2 Å². The molecular formula is C18H22N2OS. The Morgan fingerprint density at radius 1 is 1.18 bits per heavy atom. The van der Waals surface area contributed by atoms with Gasteiger partial charge in [-0.15, -0.1) is 11.3 Å². The number of nitrogens with one attached hydrogen (secondary N) is 1. The van der Waals surface area contributed by atoms with Gasteiger partial charge in [0.05, 0.1) is 6.42 Å². The molecule has 1 N–H and O–H groups in total. The third-order valence-electron chi connectivity index (χ3n) is 5.27. The van der Waals surface area contributed by atoms with Gasteiger partial charge in [0.1, 0.15) is 0 Å². The minimum absolute atomic E-state index is 0.302. The Labute approximate surface area is 135 Å². The number of hydrogen-bond donors (Lipinski definition) is 1. The summed E-state index contributed by atoms with van der Waals surface area (Å²) in [5.74, 6) is 1.86. The van der Waals surface area contributed by atoms with E-state index in [4.69, 9.17) is 0 Å². The van der Waals surface area contributed by atoms with Gasteiger partial charge in [-0.3, -0.25) is 4.79 Å². The Balaban J connectivity index is 1.45. The van der Waals surface area contributed by atoms with Crippen LogP contribution in [0.15, 0.2) is 29.6 Å². The summed E-state index contributed by atoms with van der Waals surface area (Å²) in [5, 5.41) is 6.89. The molecule has 2 aliphatic rings. The van der Waals surface area contributed by atoms with Gasteiger partial charge in [0.25, 0.3) is 0 Å². The van der Waals surface area contributed by atoms with Gasteiger partial charge in [-0.25, -0.2) is 0 Å². The van der Waals surface area contributed by atoms with Crippen LogP contribution in [0.4, 0.5) is 0 Å². The second kappa shape index (κ2) is 6.01. The van der Waals surface area contributed by atoms with Crippen molar-refractivity contribution in [2.24, 2.45) is 11.8 Å². The molecule has 2 fully saturated rings. The first-order valence-corrected chi connectivity index (χ1v) is 9.13. The lowest BCUT2D eigenvalue weighted by atomic mass is 9.92. The molecule has 1 aromatic carbocycles. The molecule has 0 radical (unpaired) electrons. The Bertz CT molecular complexity index is 667. The zero-order chi connectivity index (χ0) is 14.9. The summed E-state index contributed by atoms with van der Waals surface area (Å²) in [6, 6.07) is 8.39. The van der Waals surface area contributed by atoms with E-state index in [1.54, 1.807) is 11.3 Å². The minimum Gasteiger partial charge on any atom is -0.342 e. The smallest absolute Gasteiger partial charge is 0.227 e. The quantitative estimate of drug-likeness (QED) is 0.924. The topological polar surface area (TPSA) is 32.3 Å². The van der Waals surface area contributed by atoms with E-state index >= 15 is 0 Å². The molecule has 1 aromatic heterocycles. The average molecular weight is 314 g/mol. The van der Waals surface area contributed by atoms with E-state index in [2.05, 4.69) is 39.9 Å². The van der Waals surface area contributed by atoms with Crippen molar-refractivity contribution in [2.75, 3.05) is 26.2 Å². The number of fused-ring (bicyclic) bond motifs is 2.